The number of aryl methyl sites for hydroxylation is 1. The summed E-state index contributed by atoms with van der Waals surface area (Å²) in [5.41, 5.74) is 1.52. The molecule has 0 radical (unpaired) electrons. The second-order valence-electron chi connectivity index (χ2n) is 3.76. The molecule has 2 aromatic rings. The molecule has 1 aromatic heterocycles. The molecular formula is C12H12BrNO2S2. The van der Waals surface area contributed by atoms with Gasteiger partial charge in [0, 0.05) is 10.2 Å². The molecule has 1 N–H and O–H groups in total. The monoisotopic (exact) mass is 345 g/mol. The van der Waals surface area contributed by atoms with Crippen LogP contribution in [0.4, 0.5) is 5.69 Å². The van der Waals surface area contributed by atoms with E-state index in [1.165, 1.54) is 11.3 Å². The van der Waals surface area contributed by atoms with Gasteiger partial charge >= 0.3 is 0 Å². The van der Waals surface area contributed by atoms with E-state index in [0.717, 1.165) is 10.4 Å². The Morgan fingerprint density at radius 3 is 2.56 bits per heavy atom. The molecule has 0 fully saturated rings. The van der Waals surface area contributed by atoms with Crippen molar-refractivity contribution in [3.8, 4) is 0 Å². The lowest BCUT2D eigenvalue weighted by Gasteiger charge is -2.09. The minimum Gasteiger partial charge on any atom is -0.279 e. The predicted molar refractivity (Wildman–Crippen MR) is 78.9 cm³/mol. The van der Waals surface area contributed by atoms with Crippen LogP contribution in [0.25, 0.3) is 0 Å². The van der Waals surface area contributed by atoms with Crippen LogP contribution in [0.2, 0.25) is 0 Å². The van der Waals surface area contributed by atoms with E-state index in [4.69, 9.17) is 0 Å². The number of hydrogen-bond donors (Lipinski definition) is 1. The normalized spacial score (nSPS) is 11.4. The first-order chi connectivity index (χ1) is 8.53. The Labute approximate surface area is 119 Å². The van der Waals surface area contributed by atoms with Gasteiger partial charge in [0.05, 0.1) is 5.69 Å². The maximum atomic E-state index is 12.2. The molecule has 0 aliphatic rings. The second-order valence-corrected chi connectivity index (χ2v) is 7.52. The van der Waals surface area contributed by atoms with E-state index >= 15 is 0 Å². The number of hydrogen-bond acceptors (Lipinski definition) is 3. The molecule has 2 rings (SSSR count). The number of sulfonamides is 1. The lowest BCUT2D eigenvalue weighted by atomic mass is 10.2. The first-order valence-electron chi connectivity index (χ1n) is 5.26. The van der Waals surface area contributed by atoms with Crippen LogP contribution < -0.4 is 4.72 Å². The van der Waals surface area contributed by atoms with Gasteiger partial charge in [0.15, 0.2) is 0 Å². The highest BCUT2D eigenvalue weighted by molar-refractivity contribution is 9.08. The molecule has 18 heavy (non-hydrogen) atoms. The van der Waals surface area contributed by atoms with Gasteiger partial charge in [-0.2, -0.15) is 0 Å². The summed E-state index contributed by atoms with van der Waals surface area (Å²) in [6, 6.07) is 10.8. The molecule has 0 atom stereocenters. The fraction of sp³-hybridized carbons (Fsp3) is 0.167. The molecule has 96 valence electrons. The minimum absolute atomic E-state index is 0.337. The first-order valence-corrected chi connectivity index (χ1v) is 8.68. The summed E-state index contributed by atoms with van der Waals surface area (Å²) in [4.78, 5) is 0.976. The summed E-state index contributed by atoms with van der Waals surface area (Å²) in [5, 5.41) is 0.606. The second kappa shape index (κ2) is 5.42. The van der Waals surface area contributed by atoms with E-state index in [2.05, 4.69) is 20.7 Å². The van der Waals surface area contributed by atoms with Gasteiger partial charge in [0.25, 0.3) is 10.0 Å². The zero-order valence-electron chi connectivity index (χ0n) is 9.68. The summed E-state index contributed by atoms with van der Waals surface area (Å²) in [6.07, 6.45) is 0. The van der Waals surface area contributed by atoms with Crippen molar-refractivity contribution >= 4 is 43.0 Å². The fourth-order valence-electron chi connectivity index (χ4n) is 1.49. The van der Waals surface area contributed by atoms with E-state index < -0.39 is 10.0 Å². The topological polar surface area (TPSA) is 46.2 Å². The molecule has 6 heteroatoms. The molecule has 0 bridgehead atoms. The van der Waals surface area contributed by atoms with E-state index in [-0.39, 0.29) is 0 Å². The highest BCUT2D eigenvalue weighted by atomic mass is 79.9. The lowest BCUT2D eigenvalue weighted by molar-refractivity contribution is 0.603. The molecule has 1 aromatic carbocycles. The molecule has 0 aliphatic carbocycles. The number of para-hydroxylation sites is 1. The molecule has 0 aliphatic heterocycles. The maximum Gasteiger partial charge on any atom is 0.271 e. The van der Waals surface area contributed by atoms with Gasteiger partial charge in [-0.3, -0.25) is 4.72 Å². The van der Waals surface area contributed by atoms with E-state index in [0.29, 0.717) is 15.2 Å². The van der Waals surface area contributed by atoms with Crippen molar-refractivity contribution in [2.75, 3.05) is 4.72 Å². The average molecular weight is 346 g/mol. The van der Waals surface area contributed by atoms with Gasteiger partial charge in [-0.15, -0.1) is 11.3 Å². The SMILES string of the molecule is Cc1ccc(S(=O)(=O)Nc2ccccc2CBr)s1. The third-order valence-electron chi connectivity index (χ3n) is 2.39. The molecule has 0 saturated heterocycles. The smallest absolute Gasteiger partial charge is 0.271 e. The van der Waals surface area contributed by atoms with Crippen LogP contribution in [-0.2, 0) is 15.4 Å². The number of benzene rings is 1. The van der Waals surface area contributed by atoms with Crippen molar-refractivity contribution in [2.45, 2.75) is 16.5 Å². The maximum absolute atomic E-state index is 12.2. The van der Waals surface area contributed by atoms with Gasteiger partial charge in [0.2, 0.25) is 0 Å². The van der Waals surface area contributed by atoms with E-state index in [1.807, 2.05) is 25.1 Å². The summed E-state index contributed by atoms with van der Waals surface area (Å²) >= 11 is 4.61. The molecule has 0 spiro atoms. The molecular weight excluding hydrogens is 334 g/mol. The standard InChI is InChI=1S/C12H12BrNO2S2/c1-9-6-7-12(17-9)18(15,16)14-11-5-3-2-4-10(11)8-13/h2-7,14H,8H2,1H3. The Balaban J connectivity index is 2.33. The summed E-state index contributed by atoms with van der Waals surface area (Å²) in [7, 11) is -3.48. The van der Waals surface area contributed by atoms with Crippen LogP contribution in [0.5, 0.6) is 0 Å². The predicted octanol–water partition coefficient (Wildman–Crippen LogP) is 3.75. The number of rotatable bonds is 4. The molecule has 3 nitrogen and oxygen atoms in total. The Morgan fingerprint density at radius 1 is 1.22 bits per heavy atom. The quantitative estimate of drug-likeness (QED) is 0.857. The lowest BCUT2D eigenvalue weighted by Crippen LogP contribution is -2.12. The van der Waals surface area contributed by atoms with Crippen LogP contribution in [0.15, 0.2) is 40.6 Å². The molecule has 0 amide bonds. The number of halogens is 1. The molecule has 0 unspecified atom stereocenters. The van der Waals surface area contributed by atoms with Crippen molar-refractivity contribution in [3.63, 3.8) is 0 Å². The summed E-state index contributed by atoms with van der Waals surface area (Å²) in [5.74, 6) is 0. The third kappa shape index (κ3) is 2.93. The molecule has 0 saturated carbocycles. The summed E-state index contributed by atoms with van der Waals surface area (Å²) in [6.45, 7) is 1.89. The van der Waals surface area contributed by atoms with Crippen molar-refractivity contribution in [1.82, 2.24) is 0 Å². The van der Waals surface area contributed by atoms with Crippen LogP contribution in [0.3, 0.4) is 0 Å². The van der Waals surface area contributed by atoms with Crippen LogP contribution >= 0.6 is 27.3 Å². The van der Waals surface area contributed by atoms with E-state index in [9.17, 15) is 8.42 Å². The zero-order chi connectivity index (χ0) is 13.2. The minimum atomic E-state index is -3.48. The van der Waals surface area contributed by atoms with Gasteiger partial charge in [-0.25, -0.2) is 8.42 Å². The van der Waals surface area contributed by atoms with Crippen LogP contribution in [-0.4, -0.2) is 8.42 Å². The van der Waals surface area contributed by atoms with Crippen molar-refractivity contribution < 1.29 is 8.42 Å². The number of thiophene rings is 1. The summed E-state index contributed by atoms with van der Waals surface area (Å²) < 4.78 is 27.3. The van der Waals surface area contributed by atoms with Gasteiger partial charge in [0.1, 0.15) is 4.21 Å². The number of alkyl halides is 1. The Hall–Kier alpha value is -0.850. The third-order valence-corrected chi connectivity index (χ3v) is 5.85. The Bertz CT molecular complexity index is 650. The zero-order valence-corrected chi connectivity index (χ0v) is 12.9. The largest absolute Gasteiger partial charge is 0.279 e. The van der Waals surface area contributed by atoms with Crippen molar-refractivity contribution in [2.24, 2.45) is 0 Å². The van der Waals surface area contributed by atoms with Crippen LogP contribution in [0.1, 0.15) is 10.4 Å². The van der Waals surface area contributed by atoms with Crippen molar-refractivity contribution in [1.29, 1.82) is 0 Å². The Kier molecular flexibility index (Phi) is 4.09. The fourth-order valence-corrected chi connectivity index (χ4v) is 4.36. The highest BCUT2D eigenvalue weighted by Crippen LogP contribution is 2.25. The number of anilines is 1. The van der Waals surface area contributed by atoms with Gasteiger partial charge < -0.3 is 0 Å². The van der Waals surface area contributed by atoms with Crippen molar-refractivity contribution in [3.05, 3.63) is 46.8 Å². The van der Waals surface area contributed by atoms with Gasteiger partial charge in [-0.1, -0.05) is 34.1 Å². The first kappa shape index (κ1) is 13.6. The average Bonchev–Trinajstić information content (AvgIpc) is 2.77. The van der Waals surface area contributed by atoms with E-state index in [1.54, 1.807) is 18.2 Å². The Morgan fingerprint density at radius 2 is 1.94 bits per heavy atom. The number of nitrogens with one attached hydrogen (secondary N) is 1. The highest BCUT2D eigenvalue weighted by Gasteiger charge is 2.17. The molecule has 1 heterocycles. The van der Waals surface area contributed by atoms with Crippen LogP contribution in [0, 0.1) is 6.92 Å². The van der Waals surface area contributed by atoms with Gasteiger partial charge in [-0.05, 0) is 30.7 Å².